The average molecular weight is 354 g/mol. The van der Waals surface area contributed by atoms with Gasteiger partial charge in [0, 0.05) is 29.3 Å². The molecule has 0 radical (unpaired) electrons. The predicted octanol–water partition coefficient (Wildman–Crippen LogP) is 2.38. The zero-order chi connectivity index (χ0) is 18.3. The lowest BCUT2D eigenvalue weighted by atomic mass is 9.88. The van der Waals surface area contributed by atoms with Crippen molar-refractivity contribution in [2.24, 2.45) is 10.2 Å². The minimum atomic E-state index is -0.588. The number of hydrogen-bond donors (Lipinski definition) is 0. The first-order chi connectivity index (χ1) is 12.6. The van der Waals surface area contributed by atoms with Gasteiger partial charge in [-0.05, 0) is 24.2 Å². The Bertz CT molecular complexity index is 956. The van der Waals surface area contributed by atoms with E-state index in [1.807, 2.05) is 0 Å². The number of amides is 2. The van der Waals surface area contributed by atoms with Crippen LogP contribution in [0.1, 0.15) is 51.3 Å². The van der Waals surface area contributed by atoms with Crippen LogP contribution in [0.25, 0.3) is 0 Å². The van der Waals surface area contributed by atoms with Gasteiger partial charge in [-0.25, -0.2) is 4.79 Å². The summed E-state index contributed by atoms with van der Waals surface area (Å²) in [7, 11) is 0. The first-order valence-corrected chi connectivity index (χ1v) is 8.24. The number of carbonyl (C=O) groups excluding carboxylic acids is 3. The number of rotatable bonds is 1. The maximum absolute atomic E-state index is 12.7. The maximum atomic E-state index is 12.7. The molecule has 4 rings (SSSR count). The van der Waals surface area contributed by atoms with Crippen LogP contribution in [0.3, 0.4) is 0 Å². The quantitative estimate of drug-likeness (QED) is 0.491. The summed E-state index contributed by atoms with van der Waals surface area (Å²) in [6, 6.07) is 5.61. The Labute approximate surface area is 147 Å². The second kappa shape index (κ2) is 6.17. The molecular weight excluding hydrogens is 340 g/mol. The zero-order valence-corrected chi connectivity index (χ0v) is 13.7. The number of piperidine rings is 1. The van der Waals surface area contributed by atoms with E-state index in [4.69, 9.17) is 4.52 Å². The molecule has 1 fully saturated rings. The van der Waals surface area contributed by atoms with Gasteiger partial charge >= 0.3 is 11.8 Å². The Kier molecular flexibility index (Phi) is 3.83. The highest BCUT2D eigenvalue weighted by molar-refractivity contribution is 6.28. The highest BCUT2D eigenvalue weighted by Gasteiger charge is 2.38. The highest BCUT2D eigenvalue weighted by atomic mass is 16.7. The van der Waals surface area contributed by atoms with Crippen LogP contribution in [0.15, 0.2) is 39.0 Å². The van der Waals surface area contributed by atoms with E-state index in [1.54, 1.807) is 12.1 Å². The van der Waals surface area contributed by atoms with E-state index >= 15 is 0 Å². The van der Waals surface area contributed by atoms with Crippen molar-refractivity contribution in [2.45, 2.75) is 19.3 Å². The lowest BCUT2D eigenvalue weighted by Gasteiger charge is -2.23. The summed E-state index contributed by atoms with van der Waals surface area (Å²) in [4.78, 5) is 38.7. The van der Waals surface area contributed by atoms with Gasteiger partial charge in [0.15, 0.2) is 0 Å². The Morgan fingerprint density at radius 1 is 1.08 bits per heavy atom. The third-order valence-electron chi connectivity index (χ3n) is 4.50. The summed E-state index contributed by atoms with van der Waals surface area (Å²) in [6.07, 6.45) is 2.81. The van der Waals surface area contributed by atoms with E-state index in [1.165, 1.54) is 17.0 Å². The molecule has 0 unspecified atom stereocenters. The molecule has 1 aliphatic carbocycles. The van der Waals surface area contributed by atoms with Crippen molar-refractivity contribution in [3.63, 3.8) is 0 Å². The van der Waals surface area contributed by atoms with Crippen LogP contribution < -0.4 is 4.90 Å². The SMILES string of the molecule is O=C1c2ccccc2C(=O)c2c1o[n+]([O-])c2N=NC(=O)N1CCCCC1. The summed E-state index contributed by atoms with van der Waals surface area (Å²) in [5.74, 6) is -2.02. The number of hydrogen-bond acceptors (Lipinski definition) is 6. The van der Waals surface area contributed by atoms with Gasteiger partial charge in [0.2, 0.25) is 11.6 Å². The molecule has 2 aliphatic rings. The fraction of sp³-hybridized carbons (Fsp3) is 0.294. The predicted molar refractivity (Wildman–Crippen MR) is 86.3 cm³/mol. The molecule has 2 amide bonds. The molecule has 0 atom stereocenters. The van der Waals surface area contributed by atoms with Crippen molar-refractivity contribution in [1.82, 2.24) is 4.90 Å². The van der Waals surface area contributed by atoms with Crippen LogP contribution in [-0.2, 0) is 0 Å². The molecule has 0 bridgehead atoms. The van der Waals surface area contributed by atoms with E-state index in [0.29, 0.717) is 13.1 Å². The summed E-state index contributed by atoms with van der Waals surface area (Å²) in [5.41, 5.74) is 0.0522. The van der Waals surface area contributed by atoms with E-state index in [-0.39, 0.29) is 27.4 Å². The number of benzene rings is 1. The molecule has 1 aromatic heterocycles. The number of carbonyl (C=O) groups is 3. The molecule has 9 heteroatoms. The summed E-state index contributed by atoms with van der Waals surface area (Å²) >= 11 is 0. The number of nitrogens with zero attached hydrogens (tertiary/aromatic N) is 4. The van der Waals surface area contributed by atoms with Crippen molar-refractivity contribution in [3.05, 3.63) is 51.9 Å². The average Bonchev–Trinajstić information content (AvgIpc) is 3.01. The molecule has 2 aromatic rings. The number of azo groups is 1. The Hall–Kier alpha value is -3.36. The topological polar surface area (TPSA) is 119 Å². The number of urea groups is 1. The summed E-state index contributed by atoms with van der Waals surface area (Å²) in [6.45, 7) is 1.15. The minimum absolute atomic E-state index is 0.0562. The largest absolute Gasteiger partial charge is 0.435 e. The lowest BCUT2D eigenvalue weighted by molar-refractivity contribution is -0.782. The molecule has 2 heterocycles. The van der Waals surface area contributed by atoms with Crippen LogP contribution in [0.2, 0.25) is 0 Å². The normalized spacial score (nSPS) is 16.7. The summed E-state index contributed by atoms with van der Waals surface area (Å²) < 4.78 is 4.87. The van der Waals surface area contributed by atoms with Gasteiger partial charge in [-0.15, -0.1) is 0 Å². The zero-order valence-electron chi connectivity index (χ0n) is 13.7. The van der Waals surface area contributed by atoms with E-state index in [0.717, 1.165) is 19.3 Å². The van der Waals surface area contributed by atoms with Crippen LogP contribution in [0.5, 0.6) is 0 Å². The molecule has 132 valence electrons. The molecule has 0 saturated carbocycles. The molecule has 26 heavy (non-hydrogen) atoms. The van der Waals surface area contributed by atoms with Crippen LogP contribution in [0, 0.1) is 5.21 Å². The molecule has 0 spiro atoms. The maximum Gasteiger partial charge on any atom is 0.402 e. The standard InChI is InChI=1S/C17H14N4O5/c22-13-10-6-2-3-7-11(10)14(23)15-12(13)16(21(25)26-15)18-19-17(24)20-8-4-1-5-9-20/h2-3,6-7H,1,4-5,8-9H2. The molecule has 1 aliphatic heterocycles. The van der Waals surface area contributed by atoms with Crippen molar-refractivity contribution in [3.8, 4) is 0 Å². The minimum Gasteiger partial charge on any atom is -0.435 e. The smallest absolute Gasteiger partial charge is 0.402 e. The molecule has 1 aromatic carbocycles. The summed E-state index contributed by atoms with van der Waals surface area (Å²) in [5, 5.41) is 19.2. The third kappa shape index (κ3) is 2.48. The van der Waals surface area contributed by atoms with Crippen molar-refractivity contribution < 1.29 is 23.8 Å². The first kappa shape index (κ1) is 16.1. The van der Waals surface area contributed by atoms with E-state index in [9.17, 15) is 19.6 Å². The van der Waals surface area contributed by atoms with Gasteiger partial charge in [0.25, 0.3) is 0 Å². The highest BCUT2D eigenvalue weighted by Crippen LogP contribution is 2.32. The number of aromatic nitrogens is 1. The monoisotopic (exact) mass is 354 g/mol. The third-order valence-corrected chi connectivity index (χ3v) is 4.50. The Balaban J connectivity index is 1.70. The van der Waals surface area contributed by atoms with Crippen LogP contribution >= 0.6 is 0 Å². The molecule has 1 saturated heterocycles. The van der Waals surface area contributed by atoms with Gasteiger partial charge in [-0.2, -0.15) is 0 Å². The van der Waals surface area contributed by atoms with Gasteiger partial charge < -0.3 is 14.6 Å². The van der Waals surface area contributed by atoms with E-state index in [2.05, 4.69) is 10.2 Å². The second-order valence-corrected chi connectivity index (χ2v) is 6.11. The number of ketones is 2. The molecule has 9 nitrogen and oxygen atoms in total. The number of likely N-dealkylation sites (tertiary alicyclic amines) is 1. The van der Waals surface area contributed by atoms with Gasteiger partial charge in [-0.3, -0.25) is 9.59 Å². The number of fused-ring (bicyclic) bond motifs is 2. The van der Waals surface area contributed by atoms with Gasteiger partial charge in [0.05, 0.1) is 5.11 Å². The van der Waals surface area contributed by atoms with Gasteiger partial charge in [-0.1, -0.05) is 24.3 Å². The molecular formula is C17H14N4O5. The molecule has 0 N–H and O–H groups in total. The second-order valence-electron chi connectivity index (χ2n) is 6.11. The first-order valence-electron chi connectivity index (χ1n) is 8.24. The van der Waals surface area contributed by atoms with Crippen molar-refractivity contribution in [2.75, 3.05) is 13.1 Å². The van der Waals surface area contributed by atoms with Crippen LogP contribution in [-0.4, -0.2) is 35.6 Å². The fourth-order valence-corrected chi connectivity index (χ4v) is 3.19. The van der Waals surface area contributed by atoms with Crippen molar-refractivity contribution in [1.29, 1.82) is 0 Å². The van der Waals surface area contributed by atoms with Crippen molar-refractivity contribution >= 4 is 23.4 Å². The Morgan fingerprint density at radius 3 is 2.42 bits per heavy atom. The fourth-order valence-electron chi connectivity index (χ4n) is 3.19. The van der Waals surface area contributed by atoms with Crippen LogP contribution in [0.4, 0.5) is 10.6 Å². The van der Waals surface area contributed by atoms with Gasteiger partial charge in [0.1, 0.15) is 11.3 Å². The van der Waals surface area contributed by atoms with E-state index < -0.39 is 23.4 Å². The lowest BCUT2D eigenvalue weighted by Crippen LogP contribution is -2.33. The Morgan fingerprint density at radius 2 is 1.73 bits per heavy atom.